The van der Waals surface area contributed by atoms with Crippen LogP contribution in [-0.2, 0) is 0 Å². The molecule has 1 aromatic heterocycles. The molecule has 3 rings (SSSR count). The highest BCUT2D eigenvalue weighted by atomic mass is 79.9. The van der Waals surface area contributed by atoms with E-state index < -0.39 is 0 Å². The molecule has 0 aliphatic rings. The molecule has 5 nitrogen and oxygen atoms in total. The number of phenolic OH excluding ortho intramolecular Hbond substituents is 1. The lowest BCUT2D eigenvalue weighted by molar-refractivity contribution is 0.373. The largest absolute Gasteiger partial charge is 0.504 e. The summed E-state index contributed by atoms with van der Waals surface area (Å²) < 4.78 is 11.6. The van der Waals surface area contributed by atoms with Gasteiger partial charge in [0.05, 0.1) is 12.7 Å². The fraction of sp³-hybridized carbons (Fsp3) is 0.0588. The van der Waals surface area contributed by atoms with E-state index in [2.05, 4.69) is 26.1 Å². The molecular weight excluding hydrogens is 396 g/mol. The standard InChI is InChI=1S/C17H12BrClN2O3/c1-23-15-9-10(6-7-14(15)22)8-13(19)17-21-20-16(24-17)11-4-2-3-5-12(11)18/h2-9,22H,1H3/b13-8-. The van der Waals surface area contributed by atoms with Gasteiger partial charge >= 0.3 is 0 Å². The Balaban J connectivity index is 1.91. The zero-order valence-corrected chi connectivity index (χ0v) is 14.9. The second kappa shape index (κ2) is 7.07. The molecule has 1 N–H and O–H groups in total. The molecule has 0 bridgehead atoms. The first-order valence-corrected chi connectivity index (χ1v) is 8.08. The van der Waals surface area contributed by atoms with E-state index >= 15 is 0 Å². The number of methoxy groups -OCH3 is 1. The van der Waals surface area contributed by atoms with Crippen molar-refractivity contribution in [3.05, 3.63) is 58.4 Å². The molecule has 0 unspecified atom stereocenters. The van der Waals surface area contributed by atoms with Crippen LogP contribution in [0.15, 0.2) is 51.4 Å². The molecule has 122 valence electrons. The van der Waals surface area contributed by atoms with E-state index in [1.165, 1.54) is 13.2 Å². The van der Waals surface area contributed by atoms with Gasteiger partial charge in [-0.15, -0.1) is 10.2 Å². The van der Waals surface area contributed by atoms with Crippen LogP contribution in [0.3, 0.4) is 0 Å². The van der Waals surface area contributed by atoms with Gasteiger partial charge in [-0.1, -0.05) is 29.8 Å². The number of benzene rings is 2. The molecule has 0 radical (unpaired) electrons. The second-order valence-corrected chi connectivity index (χ2v) is 6.08. The smallest absolute Gasteiger partial charge is 0.259 e. The lowest BCUT2D eigenvalue weighted by atomic mass is 10.2. The molecule has 7 heteroatoms. The Labute approximate surface area is 151 Å². The predicted octanol–water partition coefficient (Wildman–Crippen LogP) is 4.95. The van der Waals surface area contributed by atoms with E-state index in [1.807, 2.05) is 24.3 Å². The van der Waals surface area contributed by atoms with Crippen molar-refractivity contribution in [1.82, 2.24) is 10.2 Å². The fourth-order valence-corrected chi connectivity index (χ4v) is 2.71. The van der Waals surface area contributed by atoms with E-state index in [0.29, 0.717) is 11.6 Å². The van der Waals surface area contributed by atoms with Gasteiger partial charge in [-0.25, -0.2) is 0 Å². The zero-order valence-electron chi connectivity index (χ0n) is 12.5. The SMILES string of the molecule is COc1cc(/C=C(\Cl)c2nnc(-c3ccccc3Br)o2)ccc1O. The van der Waals surface area contributed by atoms with Crippen molar-refractivity contribution in [3.8, 4) is 23.0 Å². The molecule has 0 aliphatic carbocycles. The van der Waals surface area contributed by atoms with Crippen molar-refractivity contribution >= 4 is 38.6 Å². The summed E-state index contributed by atoms with van der Waals surface area (Å²) in [6.45, 7) is 0. The van der Waals surface area contributed by atoms with Gasteiger partial charge in [-0.05, 0) is 51.8 Å². The van der Waals surface area contributed by atoms with Crippen LogP contribution in [0.25, 0.3) is 22.6 Å². The van der Waals surface area contributed by atoms with Crippen molar-refractivity contribution in [2.45, 2.75) is 0 Å². The van der Waals surface area contributed by atoms with Gasteiger partial charge in [0, 0.05) is 4.47 Å². The van der Waals surface area contributed by atoms with E-state index in [0.717, 1.165) is 15.6 Å². The van der Waals surface area contributed by atoms with Crippen LogP contribution in [0.5, 0.6) is 11.5 Å². The molecule has 24 heavy (non-hydrogen) atoms. The number of aromatic hydroxyl groups is 1. The van der Waals surface area contributed by atoms with Crippen molar-refractivity contribution in [2.75, 3.05) is 7.11 Å². The minimum Gasteiger partial charge on any atom is -0.504 e. The van der Waals surface area contributed by atoms with Gasteiger partial charge in [0.2, 0.25) is 5.89 Å². The maximum Gasteiger partial charge on any atom is 0.259 e. The summed E-state index contributed by atoms with van der Waals surface area (Å²) in [7, 11) is 1.48. The maximum absolute atomic E-state index is 9.62. The number of rotatable bonds is 4. The average molecular weight is 408 g/mol. The molecule has 0 saturated heterocycles. The number of aromatic nitrogens is 2. The summed E-state index contributed by atoms with van der Waals surface area (Å²) in [4.78, 5) is 0. The summed E-state index contributed by atoms with van der Waals surface area (Å²) in [5.41, 5.74) is 1.52. The minimum absolute atomic E-state index is 0.0553. The van der Waals surface area contributed by atoms with Crippen molar-refractivity contribution in [1.29, 1.82) is 0 Å². The van der Waals surface area contributed by atoms with E-state index in [9.17, 15) is 5.11 Å². The Hall–Kier alpha value is -2.31. The normalized spacial score (nSPS) is 11.5. The Morgan fingerprint density at radius 2 is 2.04 bits per heavy atom. The highest BCUT2D eigenvalue weighted by Gasteiger charge is 2.13. The first-order chi connectivity index (χ1) is 11.6. The summed E-state index contributed by atoms with van der Waals surface area (Å²) in [5, 5.41) is 17.9. The summed E-state index contributed by atoms with van der Waals surface area (Å²) >= 11 is 9.71. The molecule has 0 atom stereocenters. The van der Waals surface area contributed by atoms with Gasteiger partial charge in [0.25, 0.3) is 5.89 Å². The molecule has 3 aromatic rings. The third-order valence-corrected chi connectivity index (χ3v) is 4.19. The van der Waals surface area contributed by atoms with Crippen molar-refractivity contribution in [2.24, 2.45) is 0 Å². The molecule has 0 amide bonds. The van der Waals surface area contributed by atoms with Gasteiger partial charge in [-0.3, -0.25) is 0 Å². The lowest BCUT2D eigenvalue weighted by Gasteiger charge is -2.03. The number of nitrogens with zero attached hydrogens (tertiary/aromatic N) is 2. The van der Waals surface area contributed by atoms with Crippen LogP contribution in [0, 0.1) is 0 Å². The third-order valence-electron chi connectivity index (χ3n) is 3.23. The lowest BCUT2D eigenvalue weighted by Crippen LogP contribution is -1.85. The number of ether oxygens (including phenoxy) is 1. The molecular formula is C17H12BrClN2O3. The average Bonchev–Trinajstić information content (AvgIpc) is 3.07. The Bertz CT molecular complexity index is 908. The van der Waals surface area contributed by atoms with E-state index in [-0.39, 0.29) is 16.7 Å². The van der Waals surface area contributed by atoms with Crippen molar-refractivity contribution in [3.63, 3.8) is 0 Å². The Kier molecular flexibility index (Phi) is 4.87. The predicted molar refractivity (Wildman–Crippen MR) is 95.8 cm³/mol. The number of phenols is 1. The van der Waals surface area contributed by atoms with Crippen LogP contribution in [-0.4, -0.2) is 22.4 Å². The number of hydrogen-bond donors (Lipinski definition) is 1. The second-order valence-electron chi connectivity index (χ2n) is 4.82. The van der Waals surface area contributed by atoms with Crippen LogP contribution in [0.4, 0.5) is 0 Å². The number of halogens is 2. The van der Waals surface area contributed by atoms with E-state index in [4.69, 9.17) is 20.8 Å². The Morgan fingerprint density at radius 1 is 1.25 bits per heavy atom. The first-order valence-electron chi connectivity index (χ1n) is 6.91. The summed E-state index contributed by atoms with van der Waals surface area (Å²) in [6, 6.07) is 12.4. The topological polar surface area (TPSA) is 68.4 Å². The zero-order chi connectivity index (χ0) is 17.1. The highest BCUT2D eigenvalue weighted by Crippen LogP contribution is 2.31. The van der Waals surface area contributed by atoms with Crippen molar-refractivity contribution < 1.29 is 14.3 Å². The van der Waals surface area contributed by atoms with E-state index in [1.54, 1.807) is 18.2 Å². The van der Waals surface area contributed by atoms with Crippen LogP contribution in [0.1, 0.15) is 11.5 Å². The van der Waals surface area contributed by atoms with Crippen LogP contribution < -0.4 is 4.74 Å². The molecule has 0 aliphatic heterocycles. The summed E-state index contributed by atoms with van der Waals surface area (Å²) in [5.74, 6) is 0.981. The monoisotopic (exact) mass is 406 g/mol. The van der Waals surface area contributed by atoms with Crippen LogP contribution in [0.2, 0.25) is 0 Å². The maximum atomic E-state index is 9.62. The summed E-state index contributed by atoms with van der Waals surface area (Å²) in [6.07, 6.45) is 1.65. The minimum atomic E-state index is 0.0553. The van der Waals surface area contributed by atoms with Gasteiger partial charge in [0.15, 0.2) is 11.5 Å². The first kappa shape index (κ1) is 16.5. The molecule has 0 spiro atoms. The number of hydrogen-bond acceptors (Lipinski definition) is 5. The fourth-order valence-electron chi connectivity index (χ4n) is 2.06. The molecule has 1 heterocycles. The van der Waals surface area contributed by atoms with Gasteiger partial charge in [0.1, 0.15) is 5.03 Å². The highest BCUT2D eigenvalue weighted by molar-refractivity contribution is 9.10. The molecule has 0 saturated carbocycles. The molecule has 2 aromatic carbocycles. The van der Waals surface area contributed by atoms with Gasteiger partial charge in [-0.2, -0.15) is 0 Å². The quantitative estimate of drug-likeness (QED) is 0.663. The van der Waals surface area contributed by atoms with Gasteiger partial charge < -0.3 is 14.3 Å². The third kappa shape index (κ3) is 3.44. The molecule has 0 fully saturated rings. The Morgan fingerprint density at radius 3 is 2.79 bits per heavy atom. The van der Waals surface area contributed by atoms with Crippen LogP contribution >= 0.6 is 27.5 Å².